The Balaban J connectivity index is 2.91. The molecule has 0 saturated carbocycles. The Morgan fingerprint density at radius 2 is 1.67 bits per heavy atom. The lowest BCUT2D eigenvalue weighted by Gasteiger charge is -2.30. The van der Waals surface area contributed by atoms with Gasteiger partial charge in [0.2, 0.25) is 0 Å². The lowest BCUT2D eigenvalue weighted by molar-refractivity contribution is -0.138. The molecule has 134 valence electrons. The molecule has 1 amide bonds. The molecule has 0 aliphatic rings. The number of amides is 1. The van der Waals surface area contributed by atoms with Crippen LogP contribution in [0.15, 0.2) is 23.1 Å². The van der Waals surface area contributed by atoms with E-state index in [1.165, 1.54) is 12.1 Å². The molecule has 6 nitrogen and oxygen atoms in total. The monoisotopic (exact) mass is 355 g/mol. The summed E-state index contributed by atoms with van der Waals surface area (Å²) in [6.45, 7) is 8.86. The summed E-state index contributed by atoms with van der Waals surface area (Å²) in [4.78, 5) is 26.1. The van der Waals surface area contributed by atoms with E-state index in [0.717, 1.165) is 6.26 Å². The second-order valence-corrected chi connectivity index (χ2v) is 8.33. The van der Waals surface area contributed by atoms with Crippen molar-refractivity contribution in [2.45, 2.75) is 51.6 Å². The van der Waals surface area contributed by atoms with Gasteiger partial charge in [-0.1, -0.05) is 6.07 Å². The predicted molar refractivity (Wildman–Crippen MR) is 91.7 cm³/mol. The summed E-state index contributed by atoms with van der Waals surface area (Å²) in [5, 5.41) is 0. The van der Waals surface area contributed by atoms with Crippen molar-refractivity contribution in [3.05, 3.63) is 29.3 Å². The molecule has 0 atom stereocenters. The zero-order valence-corrected chi connectivity index (χ0v) is 15.8. The van der Waals surface area contributed by atoms with Crippen LogP contribution in [0, 0.1) is 6.92 Å². The summed E-state index contributed by atoms with van der Waals surface area (Å²) in [7, 11) is -3.43. The lowest BCUT2D eigenvalue weighted by Crippen LogP contribution is -2.44. The van der Waals surface area contributed by atoms with Crippen LogP contribution < -0.4 is 0 Å². The van der Waals surface area contributed by atoms with E-state index in [9.17, 15) is 18.0 Å². The molecule has 0 fully saturated rings. The van der Waals surface area contributed by atoms with Crippen LogP contribution in [0.25, 0.3) is 0 Å². The largest absolute Gasteiger partial charge is 0.452 e. The van der Waals surface area contributed by atoms with Crippen molar-refractivity contribution in [2.24, 2.45) is 0 Å². The molecule has 0 heterocycles. The van der Waals surface area contributed by atoms with Crippen molar-refractivity contribution >= 4 is 21.7 Å². The minimum Gasteiger partial charge on any atom is -0.452 e. The number of ether oxygens (including phenoxy) is 1. The van der Waals surface area contributed by atoms with Gasteiger partial charge < -0.3 is 9.64 Å². The van der Waals surface area contributed by atoms with Crippen LogP contribution in [0.2, 0.25) is 0 Å². The maximum absolute atomic E-state index is 12.2. The Bertz CT molecular complexity index is 714. The molecule has 0 spiro atoms. The molecular weight excluding hydrogens is 330 g/mol. The highest BCUT2D eigenvalue weighted by molar-refractivity contribution is 7.90. The Morgan fingerprint density at radius 1 is 1.12 bits per heavy atom. The molecule has 0 N–H and O–H groups in total. The first kappa shape index (κ1) is 20.2. The molecule has 1 aromatic carbocycles. The number of aryl methyl sites for hydroxylation is 1. The van der Waals surface area contributed by atoms with Crippen LogP contribution in [0.3, 0.4) is 0 Å². The smallest absolute Gasteiger partial charge is 0.338 e. The van der Waals surface area contributed by atoms with Crippen molar-refractivity contribution in [3.63, 3.8) is 0 Å². The van der Waals surface area contributed by atoms with Gasteiger partial charge in [0.1, 0.15) is 0 Å². The zero-order valence-electron chi connectivity index (χ0n) is 15.0. The first-order valence-electron chi connectivity index (χ1n) is 7.74. The Labute approximate surface area is 143 Å². The number of benzene rings is 1. The van der Waals surface area contributed by atoms with E-state index < -0.39 is 15.8 Å². The molecule has 1 aromatic rings. The highest BCUT2D eigenvalue weighted by Crippen LogP contribution is 2.17. The molecule has 1 rings (SSSR count). The van der Waals surface area contributed by atoms with E-state index in [1.54, 1.807) is 17.9 Å². The van der Waals surface area contributed by atoms with Gasteiger partial charge in [0.05, 0.1) is 10.5 Å². The van der Waals surface area contributed by atoms with E-state index in [4.69, 9.17) is 4.74 Å². The van der Waals surface area contributed by atoms with Crippen molar-refractivity contribution in [3.8, 4) is 0 Å². The van der Waals surface area contributed by atoms with Crippen molar-refractivity contribution in [1.29, 1.82) is 0 Å². The van der Waals surface area contributed by atoms with E-state index in [0.29, 0.717) is 5.56 Å². The van der Waals surface area contributed by atoms with E-state index in [2.05, 4.69) is 0 Å². The quantitative estimate of drug-likeness (QED) is 0.731. The van der Waals surface area contributed by atoms with Gasteiger partial charge in [-0.2, -0.15) is 0 Å². The van der Waals surface area contributed by atoms with Gasteiger partial charge in [0.15, 0.2) is 16.4 Å². The molecule has 7 heteroatoms. The highest BCUT2D eigenvalue weighted by Gasteiger charge is 2.22. The van der Waals surface area contributed by atoms with Crippen LogP contribution in [-0.4, -0.2) is 50.1 Å². The van der Waals surface area contributed by atoms with Gasteiger partial charge >= 0.3 is 5.97 Å². The minimum atomic E-state index is -3.43. The van der Waals surface area contributed by atoms with Crippen molar-refractivity contribution < 1.29 is 22.7 Å². The lowest BCUT2D eigenvalue weighted by atomic mass is 10.1. The number of hydrogen-bond acceptors (Lipinski definition) is 5. The summed E-state index contributed by atoms with van der Waals surface area (Å²) in [5.41, 5.74) is 0.732. The molecular formula is C17H25NO5S. The Hall–Kier alpha value is -1.89. The van der Waals surface area contributed by atoms with E-state index >= 15 is 0 Å². The Kier molecular flexibility index (Phi) is 6.54. The fourth-order valence-electron chi connectivity index (χ4n) is 2.50. The van der Waals surface area contributed by atoms with Gasteiger partial charge in [0.25, 0.3) is 5.91 Å². The highest BCUT2D eigenvalue weighted by atomic mass is 32.2. The molecule has 24 heavy (non-hydrogen) atoms. The minimum absolute atomic E-state index is 0.00787. The molecule has 0 unspecified atom stereocenters. The maximum atomic E-state index is 12.2. The summed E-state index contributed by atoms with van der Waals surface area (Å²) in [6, 6.07) is 4.24. The molecule has 0 aromatic heterocycles. The number of rotatable bonds is 6. The van der Waals surface area contributed by atoms with Crippen LogP contribution in [0.1, 0.15) is 43.6 Å². The standard InChI is InChI=1S/C17H25NO5S/c1-11(2)18(12(3)4)16(19)10-23-17(20)15-9-14(24(6,21)22)8-7-13(15)5/h7-9,11-12H,10H2,1-6H3. The van der Waals surface area contributed by atoms with Gasteiger partial charge in [-0.05, 0) is 52.3 Å². The number of esters is 1. The maximum Gasteiger partial charge on any atom is 0.338 e. The van der Waals surface area contributed by atoms with E-state index in [-0.39, 0.29) is 35.1 Å². The van der Waals surface area contributed by atoms with Crippen LogP contribution in [0.5, 0.6) is 0 Å². The van der Waals surface area contributed by atoms with Crippen LogP contribution in [0.4, 0.5) is 0 Å². The fraction of sp³-hybridized carbons (Fsp3) is 0.529. The van der Waals surface area contributed by atoms with Crippen molar-refractivity contribution in [2.75, 3.05) is 12.9 Å². The molecule has 0 aliphatic heterocycles. The number of nitrogens with zero attached hydrogens (tertiary/aromatic N) is 1. The first-order valence-corrected chi connectivity index (χ1v) is 9.63. The van der Waals surface area contributed by atoms with Gasteiger partial charge in [-0.3, -0.25) is 4.79 Å². The SMILES string of the molecule is Cc1ccc(S(C)(=O)=O)cc1C(=O)OCC(=O)N(C(C)C)C(C)C. The summed E-state index contributed by atoms with van der Waals surface area (Å²) in [5.74, 6) is -0.996. The summed E-state index contributed by atoms with van der Waals surface area (Å²) in [6.07, 6.45) is 1.07. The third-order valence-corrected chi connectivity index (χ3v) is 4.69. The third kappa shape index (κ3) is 5.06. The summed E-state index contributed by atoms with van der Waals surface area (Å²) < 4.78 is 28.3. The fourth-order valence-corrected chi connectivity index (χ4v) is 3.15. The third-order valence-electron chi connectivity index (χ3n) is 3.58. The predicted octanol–water partition coefficient (Wildman–Crippen LogP) is 2.20. The molecule has 0 aliphatic carbocycles. The second-order valence-electron chi connectivity index (χ2n) is 6.31. The molecule has 0 bridgehead atoms. The Morgan fingerprint density at radius 3 is 2.12 bits per heavy atom. The van der Waals surface area contributed by atoms with Crippen LogP contribution in [-0.2, 0) is 19.4 Å². The van der Waals surface area contributed by atoms with E-state index in [1.807, 2.05) is 27.7 Å². The molecule has 0 saturated heterocycles. The van der Waals surface area contributed by atoms with Gasteiger partial charge in [-0.15, -0.1) is 0 Å². The average molecular weight is 355 g/mol. The number of carbonyl (C=O) groups is 2. The first-order chi connectivity index (χ1) is 10.9. The normalized spacial score (nSPS) is 11.7. The zero-order chi connectivity index (χ0) is 18.7. The topological polar surface area (TPSA) is 80.7 Å². The number of hydrogen-bond donors (Lipinski definition) is 0. The van der Waals surface area contributed by atoms with Crippen LogP contribution >= 0.6 is 0 Å². The van der Waals surface area contributed by atoms with Gasteiger partial charge in [0, 0.05) is 18.3 Å². The average Bonchev–Trinajstić information content (AvgIpc) is 2.43. The summed E-state index contributed by atoms with van der Waals surface area (Å²) >= 11 is 0. The number of carbonyl (C=O) groups excluding carboxylic acids is 2. The van der Waals surface area contributed by atoms with Crippen molar-refractivity contribution in [1.82, 2.24) is 4.90 Å². The number of sulfone groups is 1. The van der Waals surface area contributed by atoms with Gasteiger partial charge in [-0.25, -0.2) is 13.2 Å². The second kappa shape index (κ2) is 7.79. The molecule has 0 radical (unpaired) electrons.